The lowest BCUT2D eigenvalue weighted by Gasteiger charge is -2.18. The number of ketones is 1. The summed E-state index contributed by atoms with van der Waals surface area (Å²) in [5, 5.41) is 0.712. The molecule has 116 valence electrons. The molecule has 0 aliphatic heterocycles. The number of halogens is 1. The van der Waals surface area contributed by atoms with E-state index in [-0.39, 0.29) is 11.7 Å². The average molecular weight is 308 g/mol. The second-order valence-electron chi connectivity index (χ2n) is 5.74. The summed E-state index contributed by atoms with van der Waals surface area (Å²) in [4.78, 5) is 14.5. The van der Waals surface area contributed by atoms with Crippen molar-refractivity contribution < 1.29 is 4.79 Å². The molecule has 0 aliphatic carbocycles. The van der Waals surface area contributed by atoms with Gasteiger partial charge in [-0.05, 0) is 44.3 Å². The minimum absolute atomic E-state index is 0.0927. The molecule has 2 nitrogen and oxygen atoms in total. The maximum Gasteiger partial charge on any atom is 0.160 e. The lowest BCUT2D eigenvalue weighted by molar-refractivity contribution is -0.118. The van der Waals surface area contributed by atoms with Crippen LogP contribution in [0.5, 0.6) is 0 Å². The molecule has 0 saturated heterocycles. The van der Waals surface area contributed by atoms with Crippen molar-refractivity contribution in [3.63, 3.8) is 0 Å². The van der Waals surface area contributed by atoms with E-state index in [1.54, 1.807) is 6.08 Å². The summed E-state index contributed by atoms with van der Waals surface area (Å²) < 4.78 is 0. The zero-order valence-corrected chi connectivity index (χ0v) is 14.1. The van der Waals surface area contributed by atoms with Crippen molar-refractivity contribution in [1.82, 2.24) is 4.90 Å². The van der Waals surface area contributed by atoms with Crippen molar-refractivity contribution in [2.24, 2.45) is 5.92 Å². The number of hydrogen-bond donors (Lipinski definition) is 0. The zero-order valence-electron chi connectivity index (χ0n) is 13.3. The van der Waals surface area contributed by atoms with Gasteiger partial charge in [-0.3, -0.25) is 4.79 Å². The molecule has 1 aromatic rings. The first-order chi connectivity index (χ1) is 10.0. The molecule has 0 heterocycles. The van der Waals surface area contributed by atoms with Gasteiger partial charge in [0.1, 0.15) is 0 Å². The Bertz CT molecular complexity index is 451. The van der Waals surface area contributed by atoms with Crippen LogP contribution in [0.25, 0.3) is 6.08 Å². The summed E-state index contributed by atoms with van der Waals surface area (Å²) in [5.74, 6) is 0.310. The van der Waals surface area contributed by atoms with Crippen LogP contribution in [-0.2, 0) is 4.79 Å². The molecule has 3 heteroatoms. The van der Waals surface area contributed by atoms with Crippen LogP contribution in [0.15, 0.2) is 30.3 Å². The number of unbranched alkanes of at least 4 members (excludes halogenated alkanes) is 2. The summed E-state index contributed by atoms with van der Waals surface area (Å²) in [6, 6.07) is 7.52. The normalized spacial score (nSPS) is 13.0. The van der Waals surface area contributed by atoms with Crippen molar-refractivity contribution in [2.45, 2.75) is 32.6 Å². The van der Waals surface area contributed by atoms with Gasteiger partial charge in [0, 0.05) is 17.5 Å². The molecule has 1 atom stereocenters. The molecule has 0 fully saturated rings. The average Bonchev–Trinajstić information content (AvgIpc) is 2.45. The highest BCUT2D eigenvalue weighted by atomic mass is 35.5. The molecule has 0 amide bonds. The molecular formula is C18H26ClNO. The minimum atomic E-state index is 0.0927. The standard InChI is InChI=1S/C18H26ClNO/c1-4-5-6-7-16(14-20(2)3)18(21)13-10-15-8-11-17(19)12-9-15/h8-13,16H,4-7,14H2,1-3H3/b13-10+/t16-/m0/s1. The van der Waals surface area contributed by atoms with Crippen LogP contribution in [0.4, 0.5) is 0 Å². The van der Waals surface area contributed by atoms with Gasteiger partial charge in [0.15, 0.2) is 5.78 Å². The Balaban J connectivity index is 2.63. The first-order valence-electron chi connectivity index (χ1n) is 7.65. The number of benzene rings is 1. The van der Waals surface area contributed by atoms with E-state index in [1.807, 2.05) is 44.4 Å². The number of allylic oxidation sites excluding steroid dienone is 1. The maximum atomic E-state index is 12.4. The van der Waals surface area contributed by atoms with Crippen LogP contribution in [0.1, 0.15) is 38.2 Å². The summed E-state index contributed by atoms with van der Waals surface area (Å²) in [6.07, 6.45) is 8.05. The van der Waals surface area contributed by atoms with Gasteiger partial charge < -0.3 is 4.90 Å². The van der Waals surface area contributed by atoms with E-state index in [1.165, 1.54) is 12.8 Å². The van der Waals surface area contributed by atoms with Crippen LogP contribution in [0.3, 0.4) is 0 Å². The highest BCUT2D eigenvalue weighted by molar-refractivity contribution is 6.30. The quantitative estimate of drug-likeness (QED) is 0.487. The molecule has 0 aliphatic rings. The van der Waals surface area contributed by atoms with E-state index >= 15 is 0 Å². The second-order valence-corrected chi connectivity index (χ2v) is 6.18. The molecule has 0 aromatic heterocycles. The zero-order chi connectivity index (χ0) is 15.7. The predicted molar refractivity (Wildman–Crippen MR) is 91.7 cm³/mol. The third kappa shape index (κ3) is 7.45. The fraction of sp³-hybridized carbons (Fsp3) is 0.500. The number of carbonyl (C=O) groups excluding carboxylic acids is 1. The van der Waals surface area contributed by atoms with Crippen molar-refractivity contribution >= 4 is 23.5 Å². The number of carbonyl (C=O) groups is 1. The molecule has 0 bridgehead atoms. The van der Waals surface area contributed by atoms with E-state index < -0.39 is 0 Å². The number of nitrogens with zero attached hydrogens (tertiary/aromatic N) is 1. The summed E-state index contributed by atoms with van der Waals surface area (Å²) in [6.45, 7) is 3.00. The molecular weight excluding hydrogens is 282 g/mol. The van der Waals surface area contributed by atoms with Gasteiger partial charge in [-0.25, -0.2) is 0 Å². The lowest BCUT2D eigenvalue weighted by Crippen LogP contribution is -2.27. The third-order valence-corrected chi connectivity index (χ3v) is 3.71. The fourth-order valence-corrected chi connectivity index (χ4v) is 2.42. The number of rotatable bonds is 9. The van der Waals surface area contributed by atoms with E-state index in [2.05, 4.69) is 11.8 Å². The van der Waals surface area contributed by atoms with Crippen LogP contribution in [-0.4, -0.2) is 31.3 Å². The Kier molecular flexibility index (Phi) is 8.33. The van der Waals surface area contributed by atoms with Gasteiger partial charge >= 0.3 is 0 Å². The van der Waals surface area contributed by atoms with E-state index in [4.69, 9.17) is 11.6 Å². The lowest BCUT2D eigenvalue weighted by atomic mass is 9.95. The van der Waals surface area contributed by atoms with Crippen LogP contribution in [0, 0.1) is 5.92 Å². The Hall–Kier alpha value is -1.12. The van der Waals surface area contributed by atoms with Gasteiger partial charge in [-0.15, -0.1) is 0 Å². The molecule has 0 N–H and O–H groups in total. The SMILES string of the molecule is CCCCC[C@@H](CN(C)C)C(=O)/C=C/c1ccc(Cl)cc1. The van der Waals surface area contributed by atoms with Gasteiger partial charge in [-0.1, -0.05) is 56.0 Å². The Morgan fingerprint density at radius 3 is 2.48 bits per heavy atom. The Labute approximate surface area is 133 Å². The van der Waals surface area contributed by atoms with Gasteiger partial charge in [0.25, 0.3) is 0 Å². The molecule has 21 heavy (non-hydrogen) atoms. The first-order valence-corrected chi connectivity index (χ1v) is 8.03. The largest absolute Gasteiger partial charge is 0.309 e. The van der Waals surface area contributed by atoms with Crippen molar-refractivity contribution in [3.05, 3.63) is 40.9 Å². The van der Waals surface area contributed by atoms with E-state index in [9.17, 15) is 4.79 Å². The highest BCUT2D eigenvalue weighted by Gasteiger charge is 2.16. The van der Waals surface area contributed by atoms with Crippen molar-refractivity contribution in [3.8, 4) is 0 Å². The Morgan fingerprint density at radius 2 is 1.90 bits per heavy atom. The first kappa shape index (κ1) is 17.9. The smallest absolute Gasteiger partial charge is 0.160 e. The summed E-state index contributed by atoms with van der Waals surface area (Å²) in [7, 11) is 4.03. The topological polar surface area (TPSA) is 20.3 Å². The molecule has 0 saturated carbocycles. The minimum Gasteiger partial charge on any atom is -0.309 e. The van der Waals surface area contributed by atoms with Crippen LogP contribution >= 0.6 is 11.6 Å². The van der Waals surface area contributed by atoms with Crippen molar-refractivity contribution in [2.75, 3.05) is 20.6 Å². The fourth-order valence-electron chi connectivity index (χ4n) is 2.29. The van der Waals surface area contributed by atoms with Crippen LogP contribution in [0.2, 0.25) is 5.02 Å². The highest BCUT2D eigenvalue weighted by Crippen LogP contribution is 2.15. The summed E-state index contributed by atoms with van der Waals surface area (Å²) in [5.41, 5.74) is 1.00. The Morgan fingerprint density at radius 1 is 1.24 bits per heavy atom. The maximum absolute atomic E-state index is 12.4. The monoisotopic (exact) mass is 307 g/mol. The molecule has 1 aromatic carbocycles. The molecule has 0 spiro atoms. The predicted octanol–water partition coefficient (Wildman–Crippen LogP) is 4.68. The molecule has 0 radical (unpaired) electrons. The third-order valence-electron chi connectivity index (χ3n) is 3.45. The van der Waals surface area contributed by atoms with Gasteiger partial charge in [0.2, 0.25) is 0 Å². The molecule has 0 unspecified atom stereocenters. The summed E-state index contributed by atoms with van der Waals surface area (Å²) >= 11 is 5.86. The van der Waals surface area contributed by atoms with Crippen LogP contribution < -0.4 is 0 Å². The number of hydrogen-bond acceptors (Lipinski definition) is 2. The van der Waals surface area contributed by atoms with E-state index in [0.717, 1.165) is 24.9 Å². The van der Waals surface area contributed by atoms with Crippen molar-refractivity contribution in [1.29, 1.82) is 0 Å². The second kappa shape index (κ2) is 9.75. The van der Waals surface area contributed by atoms with Gasteiger partial charge in [-0.2, -0.15) is 0 Å². The molecule has 1 rings (SSSR count). The van der Waals surface area contributed by atoms with E-state index in [0.29, 0.717) is 5.02 Å². The van der Waals surface area contributed by atoms with Gasteiger partial charge in [0.05, 0.1) is 0 Å².